The molecule has 0 bridgehead atoms. The summed E-state index contributed by atoms with van der Waals surface area (Å²) >= 11 is 5.91. The molecule has 0 unspecified atom stereocenters. The van der Waals surface area contributed by atoms with Crippen molar-refractivity contribution in [3.63, 3.8) is 0 Å². The molecule has 18 heavy (non-hydrogen) atoms. The molecule has 1 saturated heterocycles. The van der Waals surface area contributed by atoms with Crippen molar-refractivity contribution in [2.24, 2.45) is 0 Å². The standard InChI is InChI=1S/C11H16ClN3O2S/c1-8-7-10(12)14-11(13-8)9-5-3-4-6-15(9)18(2,16)17/h7,9H,3-6H2,1-2H3/t9-/m1/s1. The van der Waals surface area contributed by atoms with Crippen LogP contribution in [0, 0.1) is 6.92 Å². The van der Waals surface area contributed by atoms with Crippen LogP contribution in [-0.4, -0.2) is 35.5 Å². The molecule has 1 aliphatic heterocycles. The summed E-state index contributed by atoms with van der Waals surface area (Å²) in [6, 6.07) is 1.38. The second-order valence-corrected chi connectivity index (χ2v) is 6.90. The number of piperidine rings is 1. The predicted octanol–water partition coefficient (Wildman–Crippen LogP) is 1.93. The zero-order valence-corrected chi connectivity index (χ0v) is 12.0. The molecule has 5 nitrogen and oxygen atoms in total. The summed E-state index contributed by atoms with van der Waals surface area (Å²) in [4.78, 5) is 8.49. The van der Waals surface area contributed by atoms with Crippen molar-refractivity contribution < 1.29 is 8.42 Å². The molecule has 0 spiro atoms. The molecule has 2 heterocycles. The molecule has 1 aliphatic rings. The van der Waals surface area contributed by atoms with E-state index in [9.17, 15) is 8.42 Å². The zero-order chi connectivity index (χ0) is 13.3. The third-order valence-corrected chi connectivity index (χ3v) is 4.50. The Hall–Kier alpha value is -0.720. The van der Waals surface area contributed by atoms with Gasteiger partial charge >= 0.3 is 0 Å². The van der Waals surface area contributed by atoms with Crippen molar-refractivity contribution in [2.75, 3.05) is 12.8 Å². The molecule has 2 rings (SSSR count). The molecule has 0 radical (unpaired) electrons. The van der Waals surface area contributed by atoms with Crippen molar-refractivity contribution in [1.82, 2.24) is 14.3 Å². The fraction of sp³-hybridized carbons (Fsp3) is 0.636. The van der Waals surface area contributed by atoms with Crippen LogP contribution >= 0.6 is 11.6 Å². The number of rotatable bonds is 2. The minimum atomic E-state index is -3.24. The lowest BCUT2D eigenvalue weighted by Gasteiger charge is -2.32. The van der Waals surface area contributed by atoms with Gasteiger partial charge in [0.1, 0.15) is 11.0 Å². The van der Waals surface area contributed by atoms with E-state index in [1.54, 1.807) is 6.07 Å². The van der Waals surface area contributed by atoms with E-state index in [2.05, 4.69) is 9.97 Å². The van der Waals surface area contributed by atoms with Gasteiger partial charge in [-0.15, -0.1) is 0 Å². The molecule has 0 N–H and O–H groups in total. The van der Waals surface area contributed by atoms with Gasteiger partial charge in [-0.05, 0) is 25.8 Å². The molecule has 1 aromatic rings. The summed E-state index contributed by atoms with van der Waals surface area (Å²) in [6.07, 6.45) is 3.82. The van der Waals surface area contributed by atoms with E-state index in [-0.39, 0.29) is 6.04 Å². The molecule has 1 aromatic heterocycles. The Labute approximate surface area is 112 Å². The van der Waals surface area contributed by atoms with Crippen LogP contribution in [0.15, 0.2) is 6.07 Å². The Bertz CT molecular complexity index is 527. The number of sulfonamides is 1. The van der Waals surface area contributed by atoms with E-state index in [4.69, 9.17) is 11.6 Å². The van der Waals surface area contributed by atoms with E-state index in [0.717, 1.165) is 25.0 Å². The first-order chi connectivity index (χ1) is 8.38. The summed E-state index contributed by atoms with van der Waals surface area (Å²) < 4.78 is 25.0. The molecule has 0 amide bonds. The smallest absolute Gasteiger partial charge is 0.211 e. The van der Waals surface area contributed by atoms with E-state index in [1.807, 2.05) is 6.92 Å². The summed E-state index contributed by atoms with van der Waals surface area (Å²) in [5.41, 5.74) is 0.754. The normalized spacial score (nSPS) is 22.1. The van der Waals surface area contributed by atoms with Crippen LogP contribution in [0.3, 0.4) is 0 Å². The quantitative estimate of drug-likeness (QED) is 0.781. The average Bonchev–Trinajstić information content (AvgIpc) is 2.26. The third-order valence-electron chi connectivity index (χ3n) is 3.02. The van der Waals surface area contributed by atoms with Gasteiger partial charge in [-0.3, -0.25) is 0 Å². The van der Waals surface area contributed by atoms with Gasteiger partial charge in [0.05, 0.1) is 12.3 Å². The highest BCUT2D eigenvalue weighted by Gasteiger charge is 2.32. The minimum Gasteiger partial charge on any atom is -0.236 e. The predicted molar refractivity (Wildman–Crippen MR) is 69.9 cm³/mol. The van der Waals surface area contributed by atoms with Crippen LogP contribution in [0.2, 0.25) is 5.15 Å². The van der Waals surface area contributed by atoms with Gasteiger partial charge in [-0.1, -0.05) is 18.0 Å². The second kappa shape index (κ2) is 5.11. The van der Waals surface area contributed by atoms with Gasteiger partial charge in [0.2, 0.25) is 10.0 Å². The minimum absolute atomic E-state index is 0.286. The molecular weight excluding hydrogens is 274 g/mol. The molecular formula is C11H16ClN3O2S. The first kappa shape index (κ1) is 13.7. The molecule has 1 atom stereocenters. The number of nitrogens with zero attached hydrogens (tertiary/aromatic N) is 3. The van der Waals surface area contributed by atoms with Crippen LogP contribution in [0.25, 0.3) is 0 Å². The lowest BCUT2D eigenvalue weighted by Crippen LogP contribution is -2.38. The maximum atomic E-state index is 11.8. The highest BCUT2D eigenvalue weighted by atomic mass is 35.5. The number of halogens is 1. The Morgan fingerprint density at radius 1 is 1.39 bits per heavy atom. The number of hydrogen-bond acceptors (Lipinski definition) is 4. The van der Waals surface area contributed by atoms with Crippen molar-refractivity contribution in [2.45, 2.75) is 32.2 Å². The third kappa shape index (κ3) is 2.99. The summed E-state index contributed by atoms with van der Waals surface area (Å²) in [6.45, 7) is 2.35. The fourth-order valence-corrected chi connectivity index (χ4v) is 3.63. The molecule has 0 saturated carbocycles. The van der Waals surface area contributed by atoms with E-state index in [0.29, 0.717) is 17.5 Å². The SMILES string of the molecule is Cc1cc(Cl)nc([C@H]2CCCCN2S(C)(=O)=O)n1. The Kier molecular flexibility index (Phi) is 3.89. The molecule has 0 aliphatic carbocycles. The molecule has 1 fully saturated rings. The summed E-state index contributed by atoms with van der Waals surface area (Å²) in [5, 5.41) is 0.358. The largest absolute Gasteiger partial charge is 0.236 e. The molecule has 0 aromatic carbocycles. The Morgan fingerprint density at radius 3 is 2.72 bits per heavy atom. The topological polar surface area (TPSA) is 63.2 Å². The van der Waals surface area contributed by atoms with Crippen molar-refractivity contribution in [3.05, 3.63) is 22.7 Å². The summed E-state index contributed by atoms with van der Waals surface area (Å²) in [7, 11) is -3.24. The van der Waals surface area contributed by atoms with E-state index >= 15 is 0 Å². The van der Waals surface area contributed by atoms with Crippen molar-refractivity contribution in [3.8, 4) is 0 Å². The molecule has 100 valence electrons. The van der Waals surface area contributed by atoms with Crippen LogP contribution in [0.1, 0.15) is 36.8 Å². The number of hydrogen-bond donors (Lipinski definition) is 0. The van der Waals surface area contributed by atoms with Gasteiger partial charge in [0.25, 0.3) is 0 Å². The van der Waals surface area contributed by atoms with Gasteiger partial charge in [-0.25, -0.2) is 18.4 Å². The van der Waals surface area contributed by atoms with Gasteiger partial charge < -0.3 is 0 Å². The maximum Gasteiger partial charge on any atom is 0.211 e. The van der Waals surface area contributed by atoms with Crippen LogP contribution < -0.4 is 0 Å². The summed E-state index contributed by atoms with van der Waals surface area (Å²) in [5.74, 6) is 0.505. The highest BCUT2D eigenvalue weighted by molar-refractivity contribution is 7.88. The lowest BCUT2D eigenvalue weighted by molar-refractivity contribution is 0.248. The van der Waals surface area contributed by atoms with Crippen LogP contribution in [0.4, 0.5) is 0 Å². The monoisotopic (exact) mass is 289 g/mol. The van der Waals surface area contributed by atoms with Gasteiger partial charge in [0, 0.05) is 12.2 Å². The highest BCUT2D eigenvalue weighted by Crippen LogP contribution is 2.31. The zero-order valence-electron chi connectivity index (χ0n) is 10.4. The van der Waals surface area contributed by atoms with Gasteiger partial charge in [-0.2, -0.15) is 4.31 Å². The van der Waals surface area contributed by atoms with Crippen molar-refractivity contribution in [1.29, 1.82) is 0 Å². The number of aromatic nitrogens is 2. The first-order valence-electron chi connectivity index (χ1n) is 5.86. The van der Waals surface area contributed by atoms with E-state index in [1.165, 1.54) is 10.6 Å². The first-order valence-corrected chi connectivity index (χ1v) is 8.08. The van der Waals surface area contributed by atoms with Crippen molar-refractivity contribution >= 4 is 21.6 Å². The number of aryl methyl sites for hydroxylation is 1. The van der Waals surface area contributed by atoms with Gasteiger partial charge in [0.15, 0.2) is 0 Å². The van der Waals surface area contributed by atoms with Crippen LogP contribution in [0.5, 0.6) is 0 Å². The van der Waals surface area contributed by atoms with E-state index < -0.39 is 10.0 Å². The average molecular weight is 290 g/mol. The second-order valence-electron chi connectivity index (χ2n) is 4.58. The molecule has 7 heteroatoms. The Morgan fingerprint density at radius 2 is 2.11 bits per heavy atom. The van der Waals surface area contributed by atoms with Crippen LogP contribution in [-0.2, 0) is 10.0 Å². The Balaban J connectivity index is 2.40. The lowest BCUT2D eigenvalue weighted by atomic mass is 10.0. The fourth-order valence-electron chi connectivity index (χ4n) is 2.26. The maximum absolute atomic E-state index is 11.8.